The second-order valence-corrected chi connectivity index (χ2v) is 5.31. The molecule has 0 aromatic rings. The van der Waals surface area contributed by atoms with E-state index in [0.29, 0.717) is 29.8 Å². The summed E-state index contributed by atoms with van der Waals surface area (Å²) in [5, 5.41) is 0. The molecular weight excluding hydrogens is 188 g/mol. The molecule has 2 rings (SSSR count). The molecule has 0 N–H and O–H groups in total. The van der Waals surface area contributed by atoms with Crippen LogP contribution in [0.2, 0.25) is 0 Å². The molecule has 4 atom stereocenters. The fourth-order valence-electron chi connectivity index (χ4n) is 3.62. The largest absolute Gasteiger partial charge is 0.300 e. The first-order chi connectivity index (χ1) is 7.11. The molecule has 0 amide bonds. The summed E-state index contributed by atoms with van der Waals surface area (Å²) in [5.41, 5.74) is 0. The number of hydrogen-bond acceptors (Lipinski definition) is 2. The molecule has 0 heterocycles. The second-order valence-electron chi connectivity index (χ2n) is 5.31. The highest BCUT2D eigenvalue weighted by molar-refractivity contribution is 5.85. The van der Waals surface area contributed by atoms with Crippen molar-refractivity contribution in [3.63, 3.8) is 0 Å². The van der Waals surface area contributed by atoms with Crippen LogP contribution in [0.25, 0.3) is 0 Å². The first-order valence-corrected chi connectivity index (χ1v) is 6.14. The lowest BCUT2D eigenvalue weighted by Gasteiger charge is -2.26. The molecule has 0 aliphatic heterocycles. The minimum atomic E-state index is 0.166. The summed E-state index contributed by atoms with van der Waals surface area (Å²) >= 11 is 0. The molecule has 2 saturated carbocycles. The van der Waals surface area contributed by atoms with Gasteiger partial charge in [0.05, 0.1) is 0 Å². The van der Waals surface area contributed by atoms with Crippen molar-refractivity contribution in [1.29, 1.82) is 0 Å². The molecule has 2 fully saturated rings. The Morgan fingerprint density at radius 1 is 1.27 bits per heavy atom. The fraction of sp³-hybridized carbons (Fsp3) is 0.846. The van der Waals surface area contributed by atoms with E-state index in [9.17, 15) is 9.59 Å². The lowest BCUT2D eigenvalue weighted by atomic mass is 9.76. The zero-order valence-electron chi connectivity index (χ0n) is 9.66. The number of hydrogen-bond donors (Lipinski definition) is 0. The molecule has 0 spiro atoms. The van der Waals surface area contributed by atoms with Gasteiger partial charge in [0.1, 0.15) is 11.6 Å². The molecule has 0 saturated heterocycles. The Hall–Kier alpha value is -0.660. The van der Waals surface area contributed by atoms with E-state index >= 15 is 0 Å². The summed E-state index contributed by atoms with van der Waals surface area (Å²) < 4.78 is 0. The predicted molar refractivity (Wildman–Crippen MR) is 58.4 cm³/mol. The van der Waals surface area contributed by atoms with Crippen LogP contribution in [0.15, 0.2) is 0 Å². The number of carbonyl (C=O) groups excluding carboxylic acids is 2. The number of Topliss-reactive ketones (excluding diaryl/α,β-unsaturated/α-hetero) is 2. The van der Waals surface area contributed by atoms with Gasteiger partial charge in [0.2, 0.25) is 0 Å². The van der Waals surface area contributed by atoms with E-state index in [4.69, 9.17) is 0 Å². The molecule has 0 aromatic heterocycles. The van der Waals surface area contributed by atoms with Crippen LogP contribution in [-0.2, 0) is 9.59 Å². The maximum atomic E-state index is 11.9. The standard InChI is InChI=1S/C13H20O2/c1-8-6-7-11-12(15)5-3-4-10(9(2)14)13(8)11/h8,10-11,13H,3-7H2,1-2H3/t8-,10-,11-,13+/m0/s1. The molecular formula is C13H20O2. The van der Waals surface area contributed by atoms with E-state index in [2.05, 4.69) is 6.92 Å². The first kappa shape index (κ1) is 10.8. The van der Waals surface area contributed by atoms with Crippen molar-refractivity contribution in [3.8, 4) is 0 Å². The van der Waals surface area contributed by atoms with Crippen molar-refractivity contribution < 1.29 is 9.59 Å². The van der Waals surface area contributed by atoms with Gasteiger partial charge in [-0.05, 0) is 44.4 Å². The molecule has 15 heavy (non-hydrogen) atoms. The highest BCUT2D eigenvalue weighted by Crippen LogP contribution is 2.46. The summed E-state index contributed by atoms with van der Waals surface area (Å²) in [6, 6.07) is 0. The maximum absolute atomic E-state index is 11.9. The monoisotopic (exact) mass is 208 g/mol. The topological polar surface area (TPSA) is 34.1 Å². The van der Waals surface area contributed by atoms with Crippen molar-refractivity contribution in [2.24, 2.45) is 23.7 Å². The summed E-state index contributed by atoms with van der Waals surface area (Å²) in [5.74, 6) is 2.01. The summed E-state index contributed by atoms with van der Waals surface area (Å²) in [4.78, 5) is 23.5. The second kappa shape index (κ2) is 4.07. The summed E-state index contributed by atoms with van der Waals surface area (Å²) in [7, 11) is 0. The normalized spacial score (nSPS) is 41.1. The number of fused-ring (bicyclic) bond motifs is 1. The molecule has 0 unspecified atom stereocenters. The van der Waals surface area contributed by atoms with Crippen molar-refractivity contribution in [2.45, 2.75) is 46.0 Å². The van der Waals surface area contributed by atoms with Crippen molar-refractivity contribution in [2.75, 3.05) is 0 Å². The summed E-state index contributed by atoms with van der Waals surface area (Å²) in [6.07, 6.45) is 4.71. The minimum Gasteiger partial charge on any atom is -0.300 e. The molecule has 2 aliphatic rings. The summed E-state index contributed by atoms with van der Waals surface area (Å²) in [6.45, 7) is 3.90. The van der Waals surface area contributed by atoms with Gasteiger partial charge in [0.15, 0.2) is 0 Å². The van der Waals surface area contributed by atoms with Gasteiger partial charge >= 0.3 is 0 Å². The lowest BCUT2D eigenvalue weighted by Crippen LogP contribution is -2.29. The van der Waals surface area contributed by atoms with Gasteiger partial charge in [0.25, 0.3) is 0 Å². The van der Waals surface area contributed by atoms with Crippen LogP contribution in [0.5, 0.6) is 0 Å². The van der Waals surface area contributed by atoms with E-state index in [-0.39, 0.29) is 11.8 Å². The van der Waals surface area contributed by atoms with Crippen LogP contribution in [0.3, 0.4) is 0 Å². The quantitative estimate of drug-likeness (QED) is 0.663. The maximum Gasteiger partial charge on any atom is 0.136 e. The van der Waals surface area contributed by atoms with E-state index < -0.39 is 0 Å². The third-order valence-electron chi connectivity index (χ3n) is 4.39. The molecule has 2 aliphatic carbocycles. The highest BCUT2D eigenvalue weighted by atomic mass is 16.1. The first-order valence-electron chi connectivity index (χ1n) is 6.14. The Bertz CT molecular complexity index is 282. The van der Waals surface area contributed by atoms with E-state index in [0.717, 1.165) is 25.7 Å². The highest BCUT2D eigenvalue weighted by Gasteiger charge is 2.44. The molecule has 0 radical (unpaired) electrons. The van der Waals surface area contributed by atoms with E-state index in [1.165, 1.54) is 0 Å². The molecule has 84 valence electrons. The third-order valence-corrected chi connectivity index (χ3v) is 4.39. The van der Waals surface area contributed by atoms with Crippen LogP contribution in [-0.4, -0.2) is 11.6 Å². The Balaban J connectivity index is 2.26. The Labute approximate surface area is 91.4 Å². The number of ketones is 2. The van der Waals surface area contributed by atoms with Gasteiger partial charge in [-0.1, -0.05) is 6.92 Å². The zero-order chi connectivity index (χ0) is 11.0. The predicted octanol–water partition coefficient (Wildman–Crippen LogP) is 2.61. The van der Waals surface area contributed by atoms with Crippen LogP contribution in [0, 0.1) is 23.7 Å². The lowest BCUT2D eigenvalue weighted by molar-refractivity contribution is -0.126. The third kappa shape index (κ3) is 1.86. The zero-order valence-corrected chi connectivity index (χ0v) is 9.66. The van der Waals surface area contributed by atoms with Crippen LogP contribution >= 0.6 is 0 Å². The van der Waals surface area contributed by atoms with Crippen molar-refractivity contribution >= 4 is 11.6 Å². The molecule has 0 aromatic carbocycles. The SMILES string of the molecule is CC(=O)[C@@H]1CCCC(=O)[C@@H]2CC[C@H](C)[C@H]12. The van der Waals surface area contributed by atoms with Gasteiger partial charge in [-0.3, -0.25) is 9.59 Å². The van der Waals surface area contributed by atoms with Gasteiger partial charge < -0.3 is 0 Å². The van der Waals surface area contributed by atoms with Crippen LogP contribution < -0.4 is 0 Å². The Morgan fingerprint density at radius 3 is 2.67 bits per heavy atom. The van der Waals surface area contributed by atoms with Gasteiger partial charge in [-0.25, -0.2) is 0 Å². The van der Waals surface area contributed by atoms with Gasteiger partial charge in [-0.15, -0.1) is 0 Å². The van der Waals surface area contributed by atoms with E-state index in [1.54, 1.807) is 6.92 Å². The molecule has 2 nitrogen and oxygen atoms in total. The Morgan fingerprint density at radius 2 is 2.00 bits per heavy atom. The smallest absolute Gasteiger partial charge is 0.136 e. The van der Waals surface area contributed by atoms with Gasteiger partial charge in [-0.2, -0.15) is 0 Å². The van der Waals surface area contributed by atoms with Gasteiger partial charge in [0, 0.05) is 18.3 Å². The molecule has 0 bridgehead atoms. The Kier molecular flexibility index (Phi) is 2.94. The van der Waals surface area contributed by atoms with E-state index in [1.807, 2.05) is 0 Å². The van der Waals surface area contributed by atoms with Crippen LogP contribution in [0.4, 0.5) is 0 Å². The fourth-order valence-corrected chi connectivity index (χ4v) is 3.62. The van der Waals surface area contributed by atoms with Crippen molar-refractivity contribution in [1.82, 2.24) is 0 Å². The van der Waals surface area contributed by atoms with Crippen LogP contribution in [0.1, 0.15) is 46.0 Å². The number of carbonyl (C=O) groups is 2. The average Bonchev–Trinajstić information content (AvgIpc) is 2.45. The number of rotatable bonds is 1. The average molecular weight is 208 g/mol. The van der Waals surface area contributed by atoms with Crippen molar-refractivity contribution in [3.05, 3.63) is 0 Å². The molecule has 2 heteroatoms. The minimum absolute atomic E-state index is 0.166.